The number of nitrogens with one attached hydrogen (secondary N) is 1. The highest BCUT2D eigenvalue weighted by atomic mass is 16.6. The Morgan fingerprint density at radius 2 is 2.11 bits per heavy atom. The van der Waals surface area contributed by atoms with E-state index in [0.717, 1.165) is 5.56 Å². The van der Waals surface area contributed by atoms with Gasteiger partial charge in [0.25, 0.3) is 0 Å². The third-order valence-corrected chi connectivity index (χ3v) is 3.08. The molecule has 1 fully saturated rings. The zero-order valence-electron chi connectivity index (χ0n) is 11.0. The van der Waals surface area contributed by atoms with Gasteiger partial charge in [0.15, 0.2) is 0 Å². The maximum Gasteiger partial charge on any atom is 0.408 e. The number of ether oxygens (including phenoxy) is 2. The van der Waals surface area contributed by atoms with Crippen LogP contribution in [0.2, 0.25) is 0 Å². The average molecular weight is 263 g/mol. The van der Waals surface area contributed by atoms with E-state index in [9.17, 15) is 9.59 Å². The first-order valence-electron chi connectivity index (χ1n) is 6.13. The van der Waals surface area contributed by atoms with Crippen molar-refractivity contribution in [3.05, 3.63) is 35.9 Å². The van der Waals surface area contributed by atoms with Crippen molar-refractivity contribution in [1.29, 1.82) is 0 Å². The molecular weight excluding hydrogens is 246 g/mol. The summed E-state index contributed by atoms with van der Waals surface area (Å²) in [4.78, 5) is 23.2. The molecule has 0 bridgehead atoms. The maximum absolute atomic E-state index is 11.7. The summed E-state index contributed by atoms with van der Waals surface area (Å²) < 4.78 is 10.0. The van der Waals surface area contributed by atoms with Crippen molar-refractivity contribution in [3.8, 4) is 0 Å². The molecule has 0 saturated carbocycles. The Morgan fingerprint density at radius 1 is 1.42 bits per heavy atom. The Bertz CT molecular complexity index is 470. The van der Waals surface area contributed by atoms with Gasteiger partial charge in [0.1, 0.15) is 12.6 Å². The van der Waals surface area contributed by atoms with E-state index in [4.69, 9.17) is 9.47 Å². The molecule has 1 aliphatic rings. The van der Waals surface area contributed by atoms with Crippen LogP contribution in [0.4, 0.5) is 4.79 Å². The summed E-state index contributed by atoms with van der Waals surface area (Å²) in [5, 5.41) is 2.55. The first-order valence-corrected chi connectivity index (χ1v) is 6.13. The Hall–Kier alpha value is -2.04. The van der Waals surface area contributed by atoms with E-state index in [0.29, 0.717) is 6.61 Å². The molecule has 5 nitrogen and oxygen atoms in total. The van der Waals surface area contributed by atoms with Crippen LogP contribution >= 0.6 is 0 Å². The van der Waals surface area contributed by atoms with Crippen LogP contribution in [0.3, 0.4) is 0 Å². The second kappa shape index (κ2) is 5.30. The van der Waals surface area contributed by atoms with Gasteiger partial charge in [0.05, 0.1) is 6.61 Å². The zero-order valence-corrected chi connectivity index (χ0v) is 11.0. The van der Waals surface area contributed by atoms with Crippen LogP contribution in [0.15, 0.2) is 30.3 Å². The molecule has 1 atom stereocenters. The van der Waals surface area contributed by atoms with Crippen molar-refractivity contribution in [2.75, 3.05) is 6.61 Å². The highest BCUT2D eigenvalue weighted by Crippen LogP contribution is 2.28. The minimum Gasteiger partial charge on any atom is -0.463 e. The first kappa shape index (κ1) is 13.4. The van der Waals surface area contributed by atoms with Gasteiger partial charge in [-0.3, -0.25) is 0 Å². The monoisotopic (exact) mass is 263 g/mol. The zero-order chi connectivity index (χ0) is 13.9. The number of hydrogen-bond acceptors (Lipinski definition) is 4. The SMILES string of the molecule is CC1(C)COC(=O)C1NC(=O)OCc1ccccc1. The molecule has 1 aromatic carbocycles. The van der Waals surface area contributed by atoms with E-state index in [-0.39, 0.29) is 6.61 Å². The quantitative estimate of drug-likeness (QED) is 0.845. The topological polar surface area (TPSA) is 64.6 Å². The number of alkyl carbamates (subject to hydrolysis) is 1. The van der Waals surface area contributed by atoms with Crippen molar-refractivity contribution in [2.24, 2.45) is 5.41 Å². The maximum atomic E-state index is 11.7. The molecule has 1 unspecified atom stereocenters. The van der Waals surface area contributed by atoms with Gasteiger partial charge in [-0.2, -0.15) is 0 Å². The van der Waals surface area contributed by atoms with Crippen LogP contribution in [0, 0.1) is 5.41 Å². The fourth-order valence-corrected chi connectivity index (χ4v) is 1.88. The van der Waals surface area contributed by atoms with E-state index in [1.807, 2.05) is 44.2 Å². The summed E-state index contributed by atoms with van der Waals surface area (Å²) >= 11 is 0. The minimum atomic E-state index is -0.657. The molecule has 0 radical (unpaired) electrons. The van der Waals surface area contributed by atoms with Crippen molar-refractivity contribution >= 4 is 12.1 Å². The number of carbonyl (C=O) groups excluding carboxylic acids is 2. The lowest BCUT2D eigenvalue weighted by atomic mass is 9.88. The summed E-state index contributed by atoms with van der Waals surface area (Å²) in [6.07, 6.45) is -0.610. The number of esters is 1. The molecule has 1 aromatic rings. The van der Waals surface area contributed by atoms with Gasteiger partial charge < -0.3 is 14.8 Å². The smallest absolute Gasteiger partial charge is 0.408 e. The summed E-state index contributed by atoms with van der Waals surface area (Å²) in [6, 6.07) is 8.70. The fraction of sp³-hybridized carbons (Fsp3) is 0.429. The molecule has 102 valence electrons. The van der Waals surface area contributed by atoms with Crippen LogP contribution < -0.4 is 5.32 Å². The number of carbonyl (C=O) groups is 2. The van der Waals surface area contributed by atoms with Gasteiger partial charge in [-0.05, 0) is 5.56 Å². The number of hydrogen-bond donors (Lipinski definition) is 1. The largest absolute Gasteiger partial charge is 0.463 e. The van der Waals surface area contributed by atoms with Crippen molar-refractivity contribution in [2.45, 2.75) is 26.5 Å². The van der Waals surface area contributed by atoms with Crippen LogP contribution in [0.5, 0.6) is 0 Å². The Kier molecular flexibility index (Phi) is 3.74. The molecule has 5 heteroatoms. The molecule has 1 heterocycles. The predicted molar refractivity (Wildman–Crippen MR) is 68.3 cm³/mol. The normalized spacial score (nSPS) is 20.7. The molecule has 0 spiro atoms. The van der Waals surface area contributed by atoms with Gasteiger partial charge in [-0.25, -0.2) is 9.59 Å². The fourth-order valence-electron chi connectivity index (χ4n) is 1.88. The molecule has 0 aliphatic carbocycles. The summed E-state index contributed by atoms with van der Waals surface area (Å²) in [5.41, 5.74) is 0.481. The lowest BCUT2D eigenvalue weighted by Crippen LogP contribution is -2.46. The third kappa shape index (κ3) is 3.24. The molecule has 1 saturated heterocycles. The lowest BCUT2D eigenvalue weighted by Gasteiger charge is -2.22. The number of benzene rings is 1. The second-order valence-corrected chi connectivity index (χ2v) is 5.24. The molecule has 0 aromatic heterocycles. The van der Waals surface area contributed by atoms with Crippen molar-refractivity contribution < 1.29 is 19.1 Å². The van der Waals surface area contributed by atoms with Crippen LogP contribution in [-0.4, -0.2) is 24.7 Å². The predicted octanol–water partition coefficient (Wildman–Crippen LogP) is 1.86. The van der Waals surface area contributed by atoms with Gasteiger partial charge in [-0.1, -0.05) is 44.2 Å². The average Bonchev–Trinajstić information content (AvgIpc) is 2.65. The molecule has 1 amide bonds. The molecule has 1 N–H and O–H groups in total. The highest BCUT2D eigenvalue weighted by Gasteiger charge is 2.44. The Labute approximate surface area is 111 Å². The third-order valence-electron chi connectivity index (χ3n) is 3.08. The Morgan fingerprint density at radius 3 is 2.68 bits per heavy atom. The van der Waals surface area contributed by atoms with Crippen molar-refractivity contribution in [1.82, 2.24) is 5.32 Å². The van der Waals surface area contributed by atoms with Gasteiger partial charge in [0, 0.05) is 5.41 Å². The highest BCUT2D eigenvalue weighted by molar-refractivity contribution is 5.83. The number of cyclic esters (lactones) is 1. The standard InChI is InChI=1S/C14H17NO4/c1-14(2)9-19-12(16)11(14)15-13(17)18-8-10-6-4-3-5-7-10/h3-7,11H,8-9H2,1-2H3,(H,15,17). The number of rotatable bonds is 3. The van der Waals surface area contributed by atoms with Gasteiger partial charge in [0.2, 0.25) is 0 Å². The summed E-state index contributed by atoms with van der Waals surface area (Å²) in [6.45, 7) is 4.20. The van der Waals surface area contributed by atoms with E-state index < -0.39 is 23.5 Å². The molecule has 2 rings (SSSR count). The van der Waals surface area contributed by atoms with Crippen LogP contribution in [-0.2, 0) is 20.9 Å². The Balaban J connectivity index is 1.86. The lowest BCUT2D eigenvalue weighted by molar-refractivity contribution is -0.139. The molecule has 1 aliphatic heterocycles. The number of amides is 1. The van der Waals surface area contributed by atoms with E-state index in [2.05, 4.69) is 5.32 Å². The van der Waals surface area contributed by atoms with Crippen LogP contribution in [0.25, 0.3) is 0 Å². The second-order valence-electron chi connectivity index (χ2n) is 5.24. The molecular formula is C14H17NO4. The van der Waals surface area contributed by atoms with Crippen molar-refractivity contribution in [3.63, 3.8) is 0 Å². The minimum absolute atomic E-state index is 0.175. The first-order chi connectivity index (χ1) is 8.99. The summed E-state index contributed by atoms with van der Waals surface area (Å²) in [5.74, 6) is -0.415. The van der Waals surface area contributed by atoms with E-state index >= 15 is 0 Å². The van der Waals surface area contributed by atoms with E-state index in [1.54, 1.807) is 0 Å². The summed E-state index contributed by atoms with van der Waals surface area (Å²) in [7, 11) is 0. The van der Waals surface area contributed by atoms with Gasteiger partial charge in [-0.15, -0.1) is 0 Å². The molecule has 19 heavy (non-hydrogen) atoms. The van der Waals surface area contributed by atoms with Gasteiger partial charge >= 0.3 is 12.1 Å². The van der Waals surface area contributed by atoms with Crippen LogP contribution in [0.1, 0.15) is 19.4 Å². The van der Waals surface area contributed by atoms with E-state index in [1.165, 1.54) is 0 Å².